The van der Waals surface area contributed by atoms with Gasteiger partial charge in [0.2, 0.25) is 17.7 Å². The predicted octanol–water partition coefficient (Wildman–Crippen LogP) is 4.59. The zero-order valence-corrected chi connectivity index (χ0v) is 31.3. The van der Waals surface area contributed by atoms with Crippen molar-refractivity contribution in [2.24, 2.45) is 17.8 Å². The summed E-state index contributed by atoms with van der Waals surface area (Å²) in [6.45, 7) is 5.10. The average molecular weight is 743 g/mol. The Morgan fingerprint density at radius 2 is 1.72 bits per heavy atom. The molecule has 2 saturated heterocycles. The van der Waals surface area contributed by atoms with Crippen molar-refractivity contribution in [3.05, 3.63) is 89.2 Å². The quantitative estimate of drug-likeness (QED) is 0.205. The van der Waals surface area contributed by atoms with Gasteiger partial charge in [-0.3, -0.25) is 19.2 Å². The number of imidazole rings is 1. The molecule has 4 atom stereocenters. The van der Waals surface area contributed by atoms with Gasteiger partial charge in [-0.05, 0) is 86.9 Å². The van der Waals surface area contributed by atoms with E-state index in [9.17, 15) is 19.2 Å². The fourth-order valence-electron chi connectivity index (χ4n) is 7.54. The molecule has 0 saturated carbocycles. The van der Waals surface area contributed by atoms with Crippen LogP contribution < -0.4 is 20.1 Å². The van der Waals surface area contributed by atoms with Gasteiger partial charge in [0, 0.05) is 43.8 Å². The minimum Gasteiger partial charge on any atom is -0.493 e. The van der Waals surface area contributed by atoms with Gasteiger partial charge >= 0.3 is 0 Å². The summed E-state index contributed by atoms with van der Waals surface area (Å²) < 4.78 is 13.2. The summed E-state index contributed by atoms with van der Waals surface area (Å²) in [5.74, 6) is -0.978. The molecular weight excluding hydrogens is 696 g/mol. The normalized spacial score (nSPS) is 18.8. The summed E-state index contributed by atoms with van der Waals surface area (Å²) >= 11 is 6.16. The van der Waals surface area contributed by atoms with E-state index in [1.807, 2.05) is 50.2 Å². The summed E-state index contributed by atoms with van der Waals surface area (Å²) in [6.07, 6.45) is 3.45. The summed E-state index contributed by atoms with van der Waals surface area (Å²) in [5, 5.41) is 6.28. The third kappa shape index (κ3) is 8.76. The van der Waals surface area contributed by atoms with Crippen LogP contribution in [0.5, 0.6) is 11.5 Å². The molecule has 2 fully saturated rings. The molecule has 1 aromatic heterocycles. The van der Waals surface area contributed by atoms with Gasteiger partial charge in [-0.15, -0.1) is 0 Å². The first kappa shape index (κ1) is 37.7. The number of nitrogens with one attached hydrogen (secondary N) is 2. The molecule has 0 radical (unpaired) electrons. The number of amides is 4. The molecule has 0 bridgehead atoms. The highest BCUT2D eigenvalue weighted by Crippen LogP contribution is 2.37. The van der Waals surface area contributed by atoms with E-state index in [1.165, 1.54) is 7.11 Å². The summed E-state index contributed by atoms with van der Waals surface area (Å²) in [7, 11) is 3.09. The number of halogens is 1. The number of methoxy groups -OCH3 is 1. The second-order valence-electron chi connectivity index (χ2n) is 14.1. The van der Waals surface area contributed by atoms with Crippen molar-refractivity contribution >= 4 is 46.3 Å². The van der Waals surface area contributed by atoms with Gasteiger partial charge in [-0.25, -0.2) is 4.98 Å². The molecule has 0 aliphatic carbocycles. The Kier molecular flexibility index (Phi) is 11.9. The zero-order chi connectivity index (χ0) is 37.6. The molecular formula is C40H47ClN6O6. The summed E-state index contributed by atoms with van der Waals surface area (Å²) in [6, 6.07) is 19.7. The highest BCUT2D eigenvalue weighted by atomic mass is 35.5. The monoisotopic (exact) mass is 742 g/mol. The first-order valence-corrected chi connectivity index (χ1v) is 18.5. The number of piperidine rings is 1. The molecule has 2 N–H and O–H groups in total. The maximum Gasteiger partial charge on any atom is 0.254 e. The van der Waals surface area contributed by atoms with Gasteiger partial charge in [-0.2, -0.15) is 0 Å². The van der Waals surface area contributed by atoms with Gasteiger partial charge in [0.25, 0.3) is 5.91 Å². The Bertz CT molecular complexity index is 1950. The van der Waals surface area contributed by atoms with Crippen molar-refractivity contribution in [1.29, 1.82) is 0 Å². The smallest absolute Gasteiger partial charge is 0.254 e. The van der Waals surface area contributed by atoms with Crippen molar-refractivity contribution in [2.45, 2.75) is 51.8 Å². The van der Waals surface area contributed by atoms with Crippen LogP contribution in [0.2, 0.25) is 5.02 Å². The highest BCUT2D eigenvalue weighted by molar-refractivity contribution is 6.31. The molecule has 2 aliphatic heterocycles. The number of likely N-dealkylation sites (N-methyl/N-ethyl adjacent to an activating group) is 1. The molecule has 4 aromatic rings. The zero-order valence-electron chi connectivity index (χ0n) is 30.6. The molecule has 3 heterocycles. The van der Waals surface area contributed by atoms with Crippen LogP contribution in [0.25, 0.3) is 11.0 Å². The van der Waals surface area contributed by atoms with Gasteiger partial charge in [0.1, 0.15) is 12.6 Å². The number of carbonyl (C=O) groups is 4. The van der Waals surface area contributed by atoms with Crippen molar-refractivity contribution in [2.75, 3.05) is 40.3 Å². The first-order chi connectivity index (χ1) is 25.5. The number of fused-ring (bicyclic) bond motifs is 2. The first-order valence-electron chi connectivity index (χ1n) is 18.1. The SMILES string of the molecule is CNC(=O)[C@H](CCCc1ccccc1)NC(=O)C1CN(C(=O)Cn2cnc3cc(Cl)ccc32)CC2CN(C(=O)c3ccc(OC(C)C)c(OC)c3)CC21. The highest BCUT2D eigenvalue weighted by Gasteiger charge is 2.48. The molecule has 53 heavy (non-hydrogen) atoms. The van der Waals surface area contributed by atoms with Crippen LogP contribution in [0.4, 0.5) is 0 Å². The van der Waals surface area contributed by atoms with Crippen LogP contribution >= 0.6 is 11.6 Å². The van der Waals surface area contributed by atoms with Gasteiger partial charge in [0.05, 0.1) is 36.5 Å². The van der Waals surface area contributed by atoms with Gasteiger partial charge < -0.3 is 34.5 Å². The number of hydrogen-bond acceptors (Lipinski definition) is 7. The van der Waals surface area contributed by atoms with Crippen LogP contribution in [0.3, 0.4) is 0 Å². The lowest BCUT2D eigenvalue weighted by atomic mass is 9.79. The Morgan fingerprint density at radius 3 is 2.45 bits per heavy atom. The van der Waals surface area contributed by atoms with Crippen molar-refractivity contribution in [3.8, 4) is 11.5 Å². The van der Waals surface area contributed by atoms with Crippen molar-refractivity contribution < 1.29 is 28.7 Å². The predicted molar refractivity (Wildman–Crippen MR) is 202 cm³/mol. The largest absolute Gasteiger partial charge is 0.493 e. The third-order valence-electron chi connectivity index (χ3n) is 10.2. The van der Waals surface area contributed by atoms with E-state index in [-0.39, 0.29) is 54.7 Å². The molecule has 12 nitrogen and oxygen atoms in total. The molecule has 280 valence electrons. The van der Waals surface area contributed by atoms with Crippen LogP contribution in [0.1, 0.15) is 42.6 Å². The van der Waals surface area contributed by atoms with Crippen LogP contribution in [0.15, 0.2) is 73.1 Å². The van der Waals surface area contributed by atoms with Gasteiger partial charge in [0.15, 0.2) is 11.5 Å². The number of aromatic nitrogens is 2. The lowest BCUT2D eigenvalue weighted by Gasteiger charge is -2.40. The lowest BCUT2D eigenvalue weighted by molar-refractivity contribution is -0.141. The van der Waals surface area contributed by atoms with E-state index < -0.39 is 12.0 Å². The Hall–Kier alpha value is -5.10. The van der Waals surface area contributed by atoms with E-state index in [2.05, 4.69) is 15.6 Å². The Morgan fingerprint density at radius 1 is 0.943 bits per heavy atom. The van der Waals surface area contributed by atoms with Crippen LogP contribution in [-0.2, 0) is 27.3 Å². The van der Waals surface area contributed by atoms with E-state index in [4.69, 9.17) is 21.1 Å². The molecule has 3 unspecified atom stereocenters. The number of carbonyl (C=O) groups excluding carboxylic acids is 4. The summed E-state index contributed by atoms with van der Waals surface area (Å²) in [4.78, 5) is 63.1. The third-order valence-corrected chi connectivity index (χ3v) is 10.4. The second-order valence-corrected chi connectivity index (χ2v) is 14.6. The van der Waals surface area contributed by atoms with E-state index in [1.54, 1.807) is 58.1 Å². The molecule has 0 spiro atoms. The lowest BCUT2D eigenvalue weighted by Crippen LogP contribution is -2.56. The molecule has 3 aromatic carbocycles. The van der Waals surface area contributed by atoms with Gasteiger partial charge in [-0.1, -0.05) is 41.9 Å². The minimum atomic E-state index is -0.747. The van der Waals surface area contributed by atoms with E-state index in [0.717, 1.165) is 17.5 Å². The maximum absolute atomic E-state index is 14.3. The molecule has 6 rings (SSSR count). The van der Waals surface area contributed by atoms with Crippen molar-refractivity contribution in [1.82, 2.24) is 30.0 Å². The second kappa shape index (κ2) is 16.7. The molecule has 4 amide bonds. The fourth-order valence-corrected chi connectivity index (χ4v) is 7.71. The topological polar surface area (TPSA) is 135 Å². The number of aryl methyl sites for hydroxylation is 1. The fraction of sp³-hybridized carbons (Fsp3) is 0.425. The Balaban J connectivity index is 1.22. The molecule has 13 heteroatoms. The summed E-state index contributed by atoms with van der Waals surface area (Å²) in [5.41, 5.74) is 3.05. The number of likely N-dealkylation sites (tertiary alicyclic amines) is 2. The minimum absolute atomic E-state index is 0.0252. The Labute approximate surface area is 314 Å². The van der Waals surface area contributed by atoms with Crippen molar-refractivity contribution in [3.63, 3.8) is 0 Å². The number of ether oxygens (including phenoxy) is 2. The maximum atomic E-state index is 14.3. The number of benzene rings is 3. The average Bonchev–Trinajstić information content (AvgIpc) is 3.77. The van der Waals surface area contributed by atoms with Crippen LogP contribution in [0, 0.1) is 17.8 Å². The number of rotatable bonds is 13. The van der Waals surface area contributed by atoms with E-state index in [0.29, 0.717) is 60.1 Å². The number of nitrogens with zero attached hydrogens (tertiary/aromatic N) is 4. The molecule has 2 aliphatic rings. The number of hydrogen-bond donors (Lipinski definition) is 2. The van der Waals surface area contributed by atoms with E-state index >= 15 is 0 Å². The standard InChI is InChI=1S/C40H47ClN6O6/c1-25(2)53-35-16-13-27(17-36(35)52-4)40(51)46-20-28-19-45(37(48)23-47-24-43-33-18-29(41)14-15-34(33)47)22-31(30(28)21-46)38(49)44-32(39(50)42-3)12-8-11-26-9-6-5-7-10-26/h5-7,9-10,13-18,24-25,28,30-32H,8,11-12,19-23H2,1-4H3,(H,42,50)(H,44,49)/t28?,30?,31?,32-/m0/s1. The van der Waals surface area contributed by atoms with Crippen LogP contribution in [-0.4, -0.2) is 95.5 Å².